The number of rotatable bonds is 3. The zero-order valence-electron chi connectivity index (χ0n) is 8.28. The topological polar surface area (TPSA) is 50.9 Å². The van der Waals surface area contributed by atoms with Crippen LogP contribution in [0.4, 0.5) is 0 Å². The molecule has 4 heteroatoms. The average Bonchev–Trinajstić information content (AvgIpc) is 2.69. The van der Waals surface area contributed by atoms with Crippen molar-refractivity contribution in [3.8, 4) is 0 Å². The average molecular weight is 211 g/mol. The Kier molecular flexibility index (Phi) is 3.50. The Labute approximate surface area is 88.7 Å². The molecule has 1 aromatic rings. The molecule has 3 nitrogen and oxygen atoms in total. The molecule has 78 valence electrons. The SMILES string of the molecule is N[C@H]1CCCC[C@@H]1NCc1cncs1. The summed E-state index contributed by atoms with van der Waals surface area (Å²) in [6.45, 7) is 0.920. The second-order valence-corrected chi connectivity index (χ2v) is 4.87. The zero-order valence-corrected chi connectivity index (χ0v) is 9.09. The van der Waals surface area contributed by atoms with Gasteiger partial charge >= 0.3 is 0 Å². The maximum absolute atomic E-state index is 6.04. The molecule has 1 fully saturated rings. The predicted octanol–water partition coefficient (Wildman–Crippen LogP) is 1.50. The lowest BCUT2D eigenvalue weighted by Crippen LogP contribution is -2.46. The summed E-state index contributed by atoms with van der Waals surface area (Å²) in [6.07, 6.45) is 6.92. The maximum Gasteiger partial charge on any atom is 0.0794 e. The van der Waals surface area contributed by atoms with E-state index in [0.29, 0.717) is 12.1 Å². The Morgan fingerprint density at radius 3 is 3.07 bits per heavy atom. The van der Waals surface area contributed by atoms with Crippen molar-refractivity contribution in [1.82, 2.24) is 10.3 Å². The van der Waals surface area contributed by atoms with Crippen molar-refractivity contribution in [3.05, 3.63) is 16.6 Å². The minimum atomic E-state index is 0.344. The fourth-order valence-electron chi connectivity index (χ4n) is 1.97. The summed E-state index contributed by atoms with van der Waals surface area (Å²) in [4.78, 5) is 5.35. The summed E-state index contributed by atoms with van der Waals surface area (Å²) < 4.78 is 0. The van der Waals surface area contributed by atoms with Gasteiger partial charge in [-0.3, -0.25) is 4.98 Å². The van der Waals surface area contributed by atoms with Gasteiger partial charge in [0.1, 0.15) is 0 Å². The van der Waals surface area contributed by atoms with Gasteiger partial charge in [-0.05, 0) is 12.8 Å². The summed E-state index contributed by atoms with van der Waals surface area (Å²) in [5.74, 6) is 0. The Morgan fingerprint density at radius 2 is 2.36 bits per heavy atom. The quantitative estimate of drug-likeness (QED) is 0.796. The lowest BCUT2D eigenvalue weighted by Gasteiger charge is -2.29. The van der Waals surface area contributed by atoms with Gasteiger partial charge in [0.05, 0.1) is 5.51 Å². The molecule has 1 aliphatic carbocycles. The van der Waals surface area contributed by atoms with Crippen LogP contribution < -0.4 is 11.1 Å². The van der Waals surface area contributed by atoms with Crippen LogP contribution in [0.3, 0.4) is 0 Å². The highest BCUT2D eigenvalue weighted by molar-refractivity contribution is 7.09. The maximum atomic E-state index is 6.04. The highest BCUT2D eigenvalue weighted by Gasteiger charge is 2.20. The van der Waals surface area contributed by atoms with Gasteiger partial charge in [0.15, 0.2) is 0 Å². The number of nitrogens with one attached hydrogen (secondary N) is 1. The number of thiazole rings is 1. The third-order valence-electron chi connectivity index (χ3n) is 2.84. The van der Waals surface area contributed by atoms with E-state index >= 15 is 0 Å². The van der Waals surface area contributed by atoms with Crippen LogP contribution in [-0.4, -0.2) is 17.1 Å². The minimum absolute atomic E-state index is 0.344. The smallest absolute Gasteiger partial charge is 0.0794 e. The molecule has 14 heavy (non-hydrogen) atoms. The van der Waals surface area contributed by atoms with Crippen LogP contribution in [-0.2, 0) is 6.54 Å². The van der Waals surface area contributed by atoms with E-state index in [0.717, 1.165) is 6.54 Å². The first-order valence-corrected chi connectivity index (χ1v) is 6.10. The molecule has 0 unspecified atom stereocenters. The number of aromatic nitrogens is 1. The van der Waals surface area contributed by atoms with E-state index in [2.05, 4.69) is 10.3 Å². The summed E-state index contributed by atoms with van der Waals surface area (Å²) in [6, 6.07) is 0.850. The number of hydrogen-bond acceptors (Lipinski definition) is 4. The summed E-state index contributed by atoms with van der Waals surface area (Å²) in [5, 5.41) is 3.52. The van der Waals surface area contributed by atoms with Crippen LogP contribution in [0.5, 0.6) is 0 Å². The lowest BCUT2D eigenvalue weighted by molar-refractivity contribution is 0.327. The number of hydrogen-bond donors (Lipinski definition) is 2. The molecule has 0 bridgehead atoms. The zero-order chi connectivity index (χ0) is 9.80. The molecule has 0 aliphatic heterocycles. The van der Waals surface area contributed by atoms with Crippen molar-refractivity contribution in [3.63, 3.8) is 0 Å². The van der Waals surface area contributed by atoms with Gasteiger partial charge in [0.25, 0.3) is 0 Å². The number of nitrogens with zero attached hydrogens (tertiary/aromatic N) is 1. The van der Waals surface area contributed by atoms with Crippen LogP contribution in [0, 0.1) is 0 Å². The molecule has 2 atom stereocenters. The molecule has 3 N–H and O–H groups in total. The molecule has 0 aromatic carbocycles. The van der Waals surface area contributed by atoms with Crippen LogP contribution in [0.15, 0.2) is 11.7 Å². The first-order chi connectivity index (χ1) is 6.86. The van der Waals surface area contributed by atoms with Crippen LogP contribution >= 0.6 is 11.3 Å². The molecule has 0 spiro atoms. The third kappa shape index (κ3) is 2.53. The van der Waals surface area contributed by atoms with Gasteiger partial charge in [0, 0.05) is 29.7 Å². The predicted molar refractivity (Wildman–Crippen MR) is 59.2 cm³/mol. The van der Waals surface area contributed by atoms with Gasteiger partial charge in [0.2, 0.25) is 0 Å². The van der Waals surface area contributed by atoms with E-state index < -0.39 is 0 Å². The molecule has 2 rings (SSSR count). The molecular weight excluding hydrogens is 194 g/mol. The molecule has 0 radical (unpaired) electrons. The van der Waals surface area contributed by atoms with E-state index in [9.17, 15) is 0 Å². The van der Waals surface area contributed by atoms with E-state index in [4.69, 9.17) is 5.73 Å². The Balaban J connectivity index is 1.79. The lowest BCUT2D eigenvalue weighted by atomic mass is 9.91. The Bertz CT molecular complexity index is 260. The molecular formula is C10H17N3S. The van der Waals surface area contributed by atoms with Crippen molar-refractivity contribution in [2.24, 2.45) is 5.73 Å². The summed E-state index contributed by atoms with van der Waals surface area (Å²) in [7, 11) is 0. The van der Waals surface area contributed by atoms with Crippen molar-refractivity contribution in [1.29, 1.82) is 0 Å². The Hall–Kier alpha value is -0.450. The van der Waals surface area contributed by atoms with Crippen molar-refractivity contribution < 1.29 is 0 Å². The molecule has 1 aromatic heterocycles. The second-order valence-electron chi connectivity index (χ2n) is 3.90. The van der Waals surface area contributed by atoms with Crippen molar-refractivity contribution in [2.75, 3.05) is 0 Å². The van der Waals surface area contributed by atoms with Gasteiger partial charge in [-0.25, -0.2) is 0 Å². The van der Waals surface area contributed by atoms with Gasteiger partial charge < -0.3 is 11.1 Å². The summed E-state index contributed by atoms with van der Waals surface area (Å²) >= 11 is 1.70. The molecule has 1 heterocycles. The van der Waals surface area contributed by atoms with Crippen molar-refractivity contribution >= 4 is 11.3 Å². The fourth-order valence-corrected chi connectivity index (χ4v) is 2.52. The Morgan fingerprint density at radius 1 is 1.50 bits per heavy atom. The third-order valence-corrected chi connectivity index (χ3v) is 3.62. The van der Waals surface area contributed by atoms with Gasteiger partial charge in [-0.15, -0.1) is 11.3 Å². The first kappa shape index (κ1) is 10.1. The van der Waals surface area contributed by atoms with E-state index in [-0.39, 0.29) is 0 Å². The molecule has 0 amide bonds. The second kappa shape index (κ2) is 4.87. The first-order valence-electron chi connectivity index (χ1n) is 5.22. The van der Waals surface area contributed by atoms with E-state index in [1.165, 1.54) is 30.6 Å². The van der Waals surface area contributed by atoms with Crippen LogP contribution in [0.1, 0.15) is 30.6 Å². The fraction of sp³-hybridized carbons (Fsp3) is 0.700. The monoisotopic (exact) mass is 211 g/mol. The minimum Gasteiger partial charge on any atom is -0.326 e. The normalized spacial score (nSPS) is 27.8. The molecule has 0 saturated heterocycles. The van der Waals surface area contributed by atoms with Gasteiger partial charge in [-0.2, -0.15) is 0 Å². The van der Waals surface area contributed by atoms with E-state index in [1.807, 2.05) is 11.7 Å². The largest absolute Gasteiger partial charge is 0.326 e. The van der Waals surface area contributed by atoms with E-state index in [1.54, 1.807) is 11.3 Å². The molecule has 1 aliphatic rings. The highest BCUT2D eigenvalue weighted by atomic mass is 32.1. The highest BCUT2D eigenvalue weighted by Crippen LogP contribution is 2.17. The summed E-state index contributed by atoms with van der Waals surface area (Å²) in [5.41, 5.74) is 7.92. The van der Waals surface area contributed by atoms with Crippen LogP contribution in [0.2, 0.25) is 0 Å². The van der Waals surface area contributed by atoms with Crippen LogP contribution in [0.25, 0.3) is 0 Å². The number of nitrogens with two attached hydrogens (primary N) is 1. The standard InChI is InChI=1S/C10H17N3S/c11-9-3-1-2-4-10(9)13-6-8-5-12-7-14-8/h5,7,9-10,13H,1-4,6,11H2/t9-,10-/m0/s1. The van der Waals surface area contributed by atoms with Crippen molar-refractivity contribution in [2.45, 2.75) is 44.3 Å². The molecule has 1 saturated carbocycles. The van der Waals surface area contributed by atoms with Gasteiger partial charge in [-0.1, -0.05) is 12.8 Å².